The molecule has 9 heteroatoms. The van der Waals surface area contributed by atoms with Gasteiger partial charge in [-0.3, -0.25) is 25.3 Å². The first-order valence-corrected chi connectivity index (χ1v) is 11.2. The number of benzene rings is 1. The van der Waals surface area contributed by atoms with Crippen LogP contribution in [0.4, 0.5) is 0 Å². The molecule has 2 amide bonds. The Balaban J connectivity index is 2.09. The summed E-state index contributed by atoms with van der Waals surface area (Å²) in [7, 11) is -3.61. The number of amides is 2. The van der Waals surface area contributed by atoms with Crippen LogP contribution in [0.3, 0.4) is 0 Å². The maximum atomic E-state index is 13.3. The lowest BCUT2D eigenvalue weighted by Gasteiger charge is -2.34. The van der Waals surface area contributed by atoms with Crippen molar-refractivity contribution in [3.05, 3.63) is 28.8 Å². The molecule has 2 rings (SSSR count). The van der Waals surface area contributed by atoms with Gasteiger partial charge in [0, 0.05) is 33.1 Å². The summed E-state index contributed by atoms with van der Waals surface area (Å²) in [6.45, 7) is 13.0. The number of nitrogens with zero attached hydrogens (tertiary/aromatic N) is 2. The van der Waals surface area contributed by atoms with Crippen LogP contribution in [0, 0.1) is 13.8 Å². The molecule has 162 valence electrons. The van der Waals surface area contributed by atoms with Gasteiger partial charge in [0.25, 0.3) is 5.91 Å². The van der Waals surface area contributed by atoms with Crippen LogP contribution in [0.25, 0.3) is 0 Å². The summed E-state index contributed by atoms with van der Waals surface area (Å²) >= 11 is 0. The standard InChI is InChI=1S/C20H32N4O4S/c1-14-11-17(20(4,5)6)12-15(2)19(14)29(27,28)24-9-7-23(8-10-24)13-18(26)22-21-16(3)25/h11-12H,7-10,13H2,1-6H3,(H,21,25)(H,22,26). The van der Waals surface area contributed by atoms with E-state index in [1.807, 2.05) is 30.9 Å². The Kier molecular flexibility index (Phi) is 7.08. The molecular formula is C20H32N4O4S. The Morgan fingerprint density at radius 1 is 1.00 bits per heavy atom. The maximum Gasteiger partial charge on any atom is 0.252 e. The van der Waals surface area contributed by atoms with E-state index >= 15 is 0 Å². The number of hydrogen-bond acceptors (Lipinski definition) is 5. The quantitative estimate of drug-likeness (QED) is 0.705. The number of hydrogen-bond donors (Lipinski definition) is 2. The SMILES string of the molecule is CC(=O)NNC(=O)CN1CCN(S(=O)(=O)c2c(C)cc(C(C)(C)C)cc2C)CC1. The average Bonchev–Trinajstić information content (AvgIpc) is 2.59. The van der Waals surface area contributed by atoms with Gasteiger partial charge < -0.3 is 0 Å². The van der Waals surface area contributed by atoms with Crippen LogP contribution in [0.15, 0.2) is 17.0 Å². The van der Waals surface area contributed by atoms with Gasteiger partial charge in [-0.2, -0.15) is 4.31 Å². The fourth-order valence-corrected chi connectivity index (χ4v) is 5.28. The molecule has 8 nitrogen and oxygen atoms in total. The minimum absolute atomic E-state index is 0.0543. The van der Waals surface area contributed by atoms with Crippen LogP contribution in [-0.2, 0) is 25.0 Å². The van der Waals surface area contributed by atoms with Crippen molar-refractivity contribution >= 4 is 21.8 Å². The van der Waals surface area contributed by atoms with Crippen molar-refractivity contribution in [2.45, 2.75) is 51.9 Å². The lowest BCUT2D eigenvalue weighted by molar-refractivity contribution is -0.128. The molecule has 1 saturated heterocycles. The summed E-state index contributed by atoms with van der Waals surface area (Å²) < 4.78 is 28.0. The van der Waals surface area contributed by atoms with E-state index in [-0.39, 0.29) is 23.8 Å². The van der Waals surface area contributed by atoms with Gasteiger partial charge >= 0.3 is 0 Å². The fourth-order valence-electron chi connectivity index (χ4n) is 3.45. The molecule has 1 aliphatic rings. The smallest absolute Gasteiger partial charge is 0.252 e. The second kappa shape index (κ2) is 8.81. The van der Waals surface area contributed by atoms with E-state index in [9.17, 15) is 18.0 Å². The van der Waals surface area contributed by atoms with Crippen molar-refractivity contribution < 1.29 is 18.0 Å². The molecule has 0 unspecified atom stereocenters. The Labute approximate surface area is 173 Å². The minimum atomic E-state index is -3.61. The Morgan fingerprint density at radius 2 is 1.52 bits per heavy atom. The van der Waals surface area contributed by atoms with Crippen LogP contribution in [0.1, 0.15) is 44.4 Å². The van der Waals surface area contributed by atoms with Crippen molar-refractivity contribution in [3.8, 4) is 0 Å². The number of piperazine rings is 1. The van der Waals surface area contributed by atoms with Crippen LogP contribution < -0.4 is 10.9 Å². The summed E-state index contributed by atoms with van der Waals surface area (Å²) in [5.74, 6) is -0.682. The van der Waals surface area contributed by atoms with Gasteiger partial charge in [-0.25, -0.2) is 8.42 Å². The number of carbonyl (C=O) groups is 2. The van der Waals surface area contributed by atoms with E-state index in [0.717, 1.165) is 16.7 Å². The molecule has 1 aromatic carbocycles. The number of nitrogens with one attached hydrogen (secondary N) is 2. The molecule has 1 fully saturated rings. The molecule has 0 spiro atoms. The highest BCUT2D eigenvalue weighted by molar-refractivity contribution is 7.89. The second-order valence-corrected chi connectivity index (χ2v) is 10.5. The van der Waals surface area contributed by atoms with Gasteiger partial charge in [0.15, 0.2) is 0 Å². The molecule has 0 aromatic heterocycles. The molecule has 0 aliphatic carbocycles. The zero-order valence-electron chi connectivity index (χ0n) is 18.1. The molecule has 2 N–H and O–H groups in total. The third-order valence-corrected chi connectivity index (χ3v) is 7.21. The van der Waals surface area contributed by atoms with Crippen molar-refractivity contribution in [2.24, 2.45) is 0 Å². The van der Waals surface area contributed by atoms with Crippen LogP contribution in [0.5, 0.6) is 0 Å². The van der Waals surface area contributed by atoms with E-state index in [1.54, 1.807) is 0 Å². The normalized spacial score (nSPS) is 16.5. The lowest BCUT2D eigenvalue weighted by Crippen LogP contribution is -2.52. The summed E-state index contributed by atoms with van der Waals surface area (Å²) in [5, 5.41) is 0. The van der Waals surface area contributed by atoms with Crippen LogP contribution in [-0.4, -0.2) is 62.2 Å². The largest absolute Gasteiger partial charge is 0.292 e. The number of carbonyl (C=O) groups excluding carboxylic acids is 2. The molecule has 0 radical (unpaired) electrons. The first-order valence-electron chi connectivity index (χ1n) is 9.72. The first kappa shape index (κ1) is 23.3. The molecule has 1 aliphatic heterocycles. The third-order valence-electron chi connectivity index (χ3n) is 5.00. The number of sulfonamides is 1. The number of hydrazine groups is 1. The highest BCUT2D eigenvalue weighted by atomic mass is 32.2. The van der Waals surface area contributed by atoms with Crippen molar-refractivity contribution in [3.63, 3.8) is 0 Å². The van der Waals surface area contributed by atoms with E-state index in [1.165, 1.54) is 11.2 Å². The Morgan fingerprint density at radius 3 is 1.97 bits per heavy atom. The van der Waals surface area contributed by atoms with Crippen LogP contribution >= 0.6 is 0 Å². The molecule has 29 heavy (non-hydrogen) atoms. The topological polar surface area (TPSA) is 98.8 Å². The van der Waals surface area contributed by atoms with Crippen LogP contribution in [0.2, 0.25) is 0 Å². The number of rotatable bonds is 4. The van der Waals surface area contributed by atoms with Gasteiger partial charge in [-0.1, -0.05) is 32.9 Å². The highest BCUT2D eigenvalue weighted by Crippen LogP contribution is 2.31. The maximum absolute atomic E-state index is 13.3. The third kappa shape index (κ3) is 5.77. The molecule has 0 atom stereocenters. The molecule has 0 bridgehead atoms. The van der Waals surface area contributed by atoms with Gasteiger partial charge in [-0.05, 0) is 36.0 Å². The molecule has 0 saturated carbocycles. The van der Waals surface area contributed by atoms with Crippen molar-refractivity contribution in [1.82, 2.24) is 20.1 Å². The van der Waals surface area contributed by atoms with Gasteiger partial charge in [-0.15, -0.1) is 0 Å². The first-order chi connectivity index (χ1) is 13.3. The predicted molar refractivity (Wildman–Crippen MR) is 112 cm³/mol. The predicted octanol–water partition coefficient (Wildman–Crippen LogP) is 1.07. The van der Waals surface area contributed by atoms with E-state index < -0.39 is 10.0 Å². The molecule has 1 heterocycles. The van der Waals surface area contributed by atoms with Gasteiger partial charge in [0.1, 0.15) is 0 Å². The zero-order valence-corrected chi connectivity index (χ0v) is 18.9. The average molecular weight is 425 g/mol. The van der Waals surface area contributed by atoms with Gasteiger partial charge in [0.2, 0.25) is 15.9 Å². The minimum Gasteiger partial charge on any atom is -0.292 e. The van der Waals surface area contributed by atoms with Gasteiger partial charge in [0.05, 0.1) is 11.4 Å². The van der Waals surface area contributed by atoms with Crippen molar-refractivity contribution in [2.75, 3.05) is 32.7 Å². The summed E-state index contributed by atoms with van der Waals surface area (Å²) in [4.78, 5) is 24.9. The Hall–Kier alpha value is -1.97. The Bertz CT molecular complexity index is 859. The zero-order chi connectivity index (χ0) is 22.0. The summed E-state index contributed by atoms with van der Waals surface area (Å²) in [5.41, 5.74) is 7.13. The highest BCUT2D eigenvalue weighted by Gasteiger charge is 2.32. The monoisotopic (exact) mass is 424 g/mol. The molecular weight excluding hydrogens is 392 g/mol. The fraction of sp³-hybridized carbons (Fsp3) is 0.600. The summed E-state index contributed by atoms with van der Waals surface area (Å²) in [6, 6.07) is 3.92. The van der Waals surface area contributed by atoms with E-state index in [0.29, 0.717) is 31.1 Å². The number of aryl methyl sites for hydroxylation is 2. The van der Waals surface area contributed by atoms with E-state index in [2.05, 4.69) is 31.6 Å². The van der Waals surface area contributed by atoms with Crippen molar-refractivity contribution in [1.29, 1.82) is 0 Å². The second-order valence-electron chi connectivity index (χ2n) is 8.60. The molecule has 1 aromatic rings. The summed E-state index contributed by atoms with van der Waals surface area (Å²) in [6.07, 6.45) is 0. The van der Waals surface area contributed by atoms with E-state index in [4.69, 9.17) is 0 Å². The lowest BCUT2D eigenvalue weighted by atomic mass is 9.85.